The highest BCUT2D eigenvalue weighted by Crippen LogP contribution is 2.19. The summed E-state index contributed by atoms with van der Waals surface area (Å²) in [7, 11) is 1.62. The number of fused-ring (bicyclic) bond motifs is 1. The van der Waals surface area contributed by atoms with Crippen LogP contribution in [0.25, 0.3) is 0 Å². The normalized spacial score (nSPS) is 17.5. The number of nitrogens with one attached hydrogen (secondary N) is 4. The maximum Gasteiger partial charge on any atom is 0.243 e. The number of amides is 1. The first-order chi connectivity index (χ1) is 10.3. The molecule has 0 aromatic carbocycles. The highest BCUT2D eigenvalue weighted by Gasteiger charge is 2.28. The maximum atomic E-state index is 12.3. The van der Waals surface area contributed by atoms with Crippen molar-refractivity contribution in [2.45, 2.75) is 25.6 Å². The highest BCUT2D eigenvalue weighted by atomic mass is 16.5. The van der Waals surface area contributed by atoms with Gasteiger partial charge in [0, 0.05) is 25.8 Å². The molecular formula is C13H18N6O2. The predicted octanol–water partition coefficient (Wildman–Crippen LogP) is -0.218. The number of H-pyrrole nitrogens is 2. The summed E-state index contributed by atoms with van der Waals surface area (Å²) < 4.78 is 5.00. The zero-order valence-electron chi connectivity index (χ0n) is 11.8. The second-order valence-electron chi connectivity index (χ2n) is 4.94. The first-order valence-electron chi connectivity index (χ1n) is 6.83. The Morgan fingerprint density at radius 3 is 3.33 bits per heavy atom. The van der Waals surface area contributed by atoms with E-state index in [1.165, 1.54) is 0 Å². The lowest BCUT2D eigenvalue weighted by atomic mass is 10.1. The maximum absolute atomic E-state index is 12.3. The lowest BCUT2D eigenvalue weighted by Gasteiger charge is -2.21. The number of ether oxygens (including phenoxy) is 1. The Hall–Kier alpha value is -2.19. The van der Waals surface area contributed by atoms with Gasteiger partial charge in [0.15, 0.2) is 0 Å². The molecule has 1 aliphatic rings. The van der Waals surface area contributed by atoms with Crippen LogP contribution in [0.4, 0.5) is 0 Å². The largest absolute Gasteiger partial charge is 0.378 e. The van der Waals surface area contributed by atoms with E-state index in [1.807, 2.05) is 6.07 Å². The van der Waals surface area contributed by atoms with Crippen LogP contribution in [0.3, 0.4) is 0 Å². The molecule has 4 N–H and O–H groups in total. The van der Waals surface area contributed by atoms with Gasteiger partial charge >= 0.3 is 0 Å². The molecule has 1 atom stereocenters. The molecule has 0 aliphatic carbocycles. The fourth-order valence-electron chi connectivity index (χ4n) is 2.44. The Morgan fingerprint density at radius 2 is 2.48 bits per heavy atom. The predicted molar refractivity (Wildman–Crippen MR) is 74.2 cm³/mol. The molecular weight excluding hydrogens is 272 g/mol. The Balaban J connectivity index is 1.60. The van der Waals surface area contributed by atoms with Crippen molar-refractivity contribution >= 4 is 5.91 Å². The Labute approximate surface area is 121 Å². The van der Waals surface area contributed by atoms with E-state index in [-0.39, 0.29) is 5.91 Å². The molecule has 3 rings (SSSR count). The zero-order chi connectivity index (χ0) is 14.7. The zero-order valence-corrected chi connectivity index (χ0v) is 11.8. The lowest BCUT2D eigenvalue weighted by Crippen LogP contribution is -2.41. The van der Waals surface area contributed by atoms with Gasteiger partial charge in [-0.15, -0.1) is 0 Å². The second kappa shape index (κ2) is 6.06. The van der Waals surface area contributed by atoms with E-state index >= 15 is 0 Å². The average Bonchev–Trinajstić information content (AvgIpc) is 3.13. The molecule has 0 saturated carbocycles. The first-order valence-corrected chi connectivity index (χ1v) is 6.83. The number of nitrogens with zero attached hydrogens (tertiary/aromatic N) is 2. The van der Waals surface area contributed by atoms with E-state index in [1.54, 1.807) is 13.4 Å². The molecule has 3 heterocycles. The standard InChI is InChI=1S/C13H18N6O2/c1-21-6-9-4-8(18-19-9)5-15-13(20)12-11-10(2-3-14-12)16-7-17-11/h4,7,12,14H,2-3,5-6H2,1H3,(H,15,20)(H,16,17)(H,18,19). The van der Waals surface area contributed by atoms with E-state index in [4.69, 9.17) is 4.74 Å². The average molecular weight is 290 g/mol. The summed E-state index contributed by atoms with van der Waals surface area (Å²) in [5.41, 5.74) is 3.46. The van der Waals surface area contributed by atoms with Gasteiger partial charge < -0.3 is 20.4 Å². The fraction of sp³-hybridized carbons (Fsp3) is 0.462. The van der Waals surface area contributed by atoms with Gasteiger partial charge in [-0.1, -0.05) is 0 Å². The summed E-state index contributed by atoms with van der Waals surface area (Å²) in [5, 5.41) is 13.0. The lowest BCUT2D eigenvalue weighted by molar-refractivity contribution is -0.123. The third-order valence-corrected chi connectivity index (χ3v) is 3.44. The Bertz CT molecular complexity index is 620. The quantitative estimate of drug-likeness (QED) is 0.609. The van der Waals surface area contributed by atoms with E-state index in [0.717, 1.165) is 35.7 Å². The van der Waals surface area contributed by atoms with Gasteiger partial charge in [-0.3, -0.25) is 9.89 Å². The molecule has 0 bridgehead atoms. The van der Waals surface area contributed by atoms with E-state index in [2.05, 4.69) is 30.8 Å². The third kappa shape index (κ3) is 2.96. The van der Waals surface area contributed by atoms with Crippen molar-refractivity contribution in [1.82, 2.24) is 30.8 Å². The summed E-state index contributed by atoms with van der Waals surface area (Å²) in [5.74, 6) is -0.0917. The Morgan fingerprint density at radius 1 is 1.57 bits per heavy atom. The number of imidazole rings is 1. The van der Waals surface area contributed by atoms with Gasteiger partial charge in [0.2, 0.25) is 5.91 Å². The number of carbonyl (C=O) groups excluding carboxylic acids is 1. The van der Waals surface area contributed by atoms with Gasteiger partial charge in [-0.25, -0.2) is 4.98 Å². The number of aromatic amines is 2. The van der Waals surface area contributed by atoms with Crippen LogP contribution in [0.15, 0.2) is 12.4 Å². The van der Waals surface area contributed by atoms with Crippen molar-refractivity contribution in [3.8, 4) is 0 Å². The monoisotopic (exact) mass is 290 g/mol. The van der Waals surface area contributed by atoms with Crippen LogP contribution in [0.5, 0.6) is 0 Å². The fourth-order valence-corrected chi connectivity index (χ4v) is 2.44. The van der Waals surface area contributed by atoms with E-state index < -0.39 is 6.04 Å². The van der Waals surface area contributed by atoms with Crippen molar-refractivity contribution in [3.05, 3.63) is 35.2 Å². The molecule has 0 radical (unpaired) electrons. The molecule has 0 saturated heterocycles. The summed E-state index contributed by atoms with van der Waals surface area (Å²) in [6, 6.07) is 1.47. The minimum Gasteiger partial charge on any atom is -0.378 e. The van der Waals surface area contributed by atoms with Gasteiger partial charge in [0.25, 0.3) is 0 Å². The van der Waals surface area contributed by atoms with Crippen LogP contribution in [0.1, 0.15) is 28.8 Å². The van der Waals surface area contributed by atoms with Crippen molar-refractivity contribution in [3.63, 3.8) is 0 Å². The number of hydrogen-bond acceptors (Lipinski definition) is 5. The van der Waals surface area contributed by atoms with Crippen LogP contribution in [0, 0.1) is 0 Å². The molecule has 8 nitrogen and oxygen atoms in total. The minimum absolute atomic E-state index is 0.0917. The van der Waals surface area contributed by atoms with E-state index in [0.29, 0.717) is 13.2 Å². The highest BCUT2D eigenvalue weighted by molar-refractivity contribution is 5.83. The van der Waals surface area contributed by atoms with Crippen molar-refractivity contribution in [2.75, 3.05) is 13.7 Å². The topological polar surface area (TPSA) is 108 Å². The van der Waals surface area contributed by atoms with Gasteiger partial charge in [0.1, 0.15) is 6.04 Å². The van der Waals surface area contributed by atoms with Crippen LogP contribution in [-0.2, 0) is 29.1 Å². The summed E-state index contributed by atoms with van der Waals surface area (Å²) in [4.78, 5) is 19.6. The minimum atomic E-state index is -0.402. The smallest absolute Gasteiger partial charge is 0.243 e. The van der Waals surface area contributed by atoms with Crippen LogP contribution >= 0.6 is 0 Å². The van der Waals surface area contributed by atoms with Gasteiger partial charge in [-0.2, -0.15) is 5.10 Å². The summed E-state index contributed by atoms with van der Waals surface area (Å²) in [6.45, 7) is 1.61. The van der Waals surface area contributed by atoms with Crippen LogP contribution < -0.4 is 10.6 Å². The van der Waals surface area contributed by atoms with Crippen LogP contribution in [0.2, 0.25) is 0 Å². The van der Waals surface area contributed by atoms with Crippen molar-refractivity contribution < 1.29 is 9.53 Å². The van der Waals surface area contributed by atoms with E-state index in [9.17, 15) is 4.79 Å². The first kappa shape index (κ1) is 13.8. The van der Waals surface area contributed by atoms with Crippen molar-refractivity contribution in [1.29, 1.82) is 0 Å². The number of aromatic nitrogens is 4. The third-order valence-electron chi connectivity index (χ3n) is 3.44. The molecule has 1 unspecified atom stereocenters. The molecule has 0 fully saturated rings. The van der Waals surface area contributed by atoms with Gasteiger partial charge in [0.05, 0.1) is 36.6 Å². The van der Waals surface area contributed by atoms with Crippen LogP contribution in [-0.4, -0.2) is 39.7 Å². The molecule has 112 valence electrons. The number of carbonyl (C=O) groups is 1. The molecule has 2 aromatic heterocycles. The number of methoxy groups -OCH3 is 1. The second-order valence-corrected chi connectivity index (χ2v) is 4.94. The molecule has 8 heteroatoms. The van der Waals surface area contributed by atoms with Gasteiger partial charge in [-0.05, 0) is 6.07 Å². The van der Waals surface area contributed by atoms with Crippen molar-refractivity contribution in [2.24, 2.45) is 0 Å². The molecule has 1 amide bonds. The molecule has 1 aliphatic heterocycles. The number of hydrogen-bond donors (Lipinski definition) is 4. The SMILES string of the molecule is COCc1cc(CNC(=O)C2NCCc3[nH]cnc32)[nH]n1. The molecule has 0 spiro atoms. The Kier molecular flexibility index (Phi) is 3.98. The molecule has 21 heavy (non-hydrogen) atoms. The summed E-state index contributed by atoms with van der Waals surface area (Å²) in [6.07, 6.45) is 2.49. The number of rotatable bonds is 5. The molecule has 2 aromatic rings. The summed E-state index contributed by atoms with van der Waals surface area (Å²) >= 11 is 0.